The minimum Gasteiger partial charge on any atom is -0.489 e. The zero-order valence-corrected chi connectivity index (χ0v) is 17.2. The Labute approximate surface area is 172 Å². The molecule has 2 N–H and O–H groups in total. The second-order valence-corrected chi connectivity index (χ2v) is 8.65. The first-order valence-corrected chi connectivity index (χ1v) is 10.3. The number of fused-ring (bicyclic) bond motifs is 1. The fourth-order valence-corrected chi connectivity index (χ4v) is 4.48. The highest BCUT2D eigenvalue weighted by Crippen LogP contribution is 2.35. The molecular formula is C22H22BrNO4. The lowest BCUT2D eigenvalue weighted by molar-refractivity contribution is -0.144. The van der Waals surface area contributed by atoms with Crippen LogP contribution in [0.15, 0.2) is 40.9 Å². The van der Waals surface area contributed by atoms with E-state index in [9.17, 15) is 14.7 Å². The molecule has 1 saturated carbocycles. The molecule has 0 saturated heterocycles. The summed E-state index contributed by atoms with van der Waals surface area (Å²) in [4.78, 5) is 25.4. The molecule has 0 spiro atoms. The van der Waals surface area contributed by atoms with Gasteiger partial charge in [-0.3, -0.25) is 4.79 Å². The number of carbonyl (C=O) groups excluding carboxylic acids is 1. The number of aryl methyl sites for hydroxylation is 1. The Balaban J connectivity index is 1.65. The quantitative estimate of drug-likeness (QED) is 0.730. The zero-order valence-electron chi connectivity index (χ0n) is 15.6. The van der Waals surface area contributed by atoms with E-state index in [0.29, 0.717) is 11.3 Å². The van der Waals surface area contributed by atoms with Crippen LogP contribution in [0.3, 0.4) is 0 Å². The van der Waals surface area contributed by atoms with Crippen LogP contribution in [-0.4, -0.2) is 28.6 Å². The highest BCUT2D eigenvalue weighted by atomic mass is 79.9. The summed E-state index contributed by atoms with van der Waals surface area (Å²) in [5.74, 6) is -0.902. The SMILES string of the molecule is Cc1cc(Br)cc(C(=O)NC2(C(=O)O)Cc3ccccc3C2)c1OC1CCC1. The normalized spacial score (nSPS) is 17.5. The number of hydrogen-bond acceptors (Lipinski definition) is 3. The van der Waals surface area contributed by atoms with E-state index >= 15 is 0 Å². The minimum atomic E-state index is -1.34. The number of benzene rings is 2. The number of ether oxygens (including phenoxy) is 1. The van der Waals surface area contributed by atoms with Crippen molar-refractivity contribution in [3.05, 3.63) is 63.1 Å². The standard InChI is InChI=1S/C22H22BrNO4/c1-13-9-16(23)10-18(19(13)28-17-7-4-8-17)20(25)24-22(21(26)27)11-14-5-2-3-6-15(14)12-22/h2-3,5-6,9-10,17H,4,7-8,11-12H2,1H3,(H,24,25)(H,26,27). The maximum Gasteiger partial charge on any atom is 0.330 e. The van der Waals surface area contributed by atoms with Crippen molar-refractivity contribution < 1.29 is 19.4 Å². The lowest BCUT2D eigenvalue weighted by Gasteiger charge is -2.30. The summed E-state index contributed by atoms with van der Waals surface area (Å²) in [7, 11) is 0. The maximum absolute atomic E-state index is 13.2. The molecule has 4 rings (SSSR count). The smallest absolute Gasteiger partial charge is 0.330 e. The Morgan fingerprint density at radius 1 is 1.18 bits per heavy atom. The predicted octanol–water partition coefficient (Wildman–Crippen LogP) is 4.04. The van der Waals surface area contributed by atoms with Crippen LogP contribution in [0.1, 0.15) is 46.3 Å². The first kappa shape index (κ1) is 19.0. The average Bonchev–Trinajstić information content (AvgIpc) is 2.98. The first-order valence-electron chi connectivity index (χ1n) is 9.47. The van der Waals surface area contributed by atoms with Crippen LogP contribution >= 0.6 is 15.9 Å². The third-order valence-corrected chi connectivity index (χ3v) is 6.14. The number of nitrogens with one attached hydrogen (secondary N) is 1. The second-order valence-electron chi connectivity index (χ2n) is 7.73. The van der Waals surface area contributed by atoms with E-state index in [1.165, 1.54) is 0 Å². The van der Waals surface area contributed by atoms with E-state index < -0.39 is 17.4 Å². The van der Waals surface area contributed by atoms with Crippen molar-refractivity contribution in [2.45, 2.75) is 50.7 Å². The molecule has 0 unspecified atom stereocenters. The molecule has 2 aliphatic rings. The highest BCUT2D eigenvalue weighted by Gasteiger charge is 2.45. The number of aliphatic carboxylic acids is 1. The first-order chi connectivity index (χ1) is 13.4. The van der Waals surface area contributed by atoms with Gasteiger partial charge in [0.05, 0.1) is 11.7 Å². The molecule has 28 heavy (non-hydrogen) atoms. The summed E-state index contributed by atoms with van der Waals surface area (Å²) in [5, 5.41) is 12.8. The van der Waals surface area contributed by atoms with E-state index in [1.54, 1.807) is 6.07 Å². The Bertz CT molecular complexity index is 927. The molecule has 1 fully saturated rings. The van der Waals surface area contributed by atoms with Crippen LogP contribution in [0.25, 0.3) is 0 Å². The Morgan fingerprint density at radius 3 is 2.36 bits per heavy atom. The molecule has 6 heteroatoms. The monoisotopic (exact) mass is 443 g/mol. The van der Waals surface area contributed by atoms with Gasteiger partial charge in [-0.1, -0.05) is 40.2 Å². The molecule has 0 atom stereocenters. The average molecular weight is 444 g/mol. The molecule has 0 radical (unpaired) electrons. The van der Waals surface area contributed by atoms with Gasteiger partial charge in [0, 0.05) is 17.3 Å². The molecule has 0 bridgehead atoms. The van der Waals surface area contributed by atoms with Gasteiger partial charge in [-0.05, 0) is 55.0 Å². The number of rotatable bonds is 5. The van der Waals surface area contributed by atoms with Gasteiger partial charge in [0.15, 0.2) is 0 Å². The fourth-order valence-electron chi connectivity index (χ4n) is 3.90. The predicted molar refractivity (Wildman–Crippen MR) is 109 cm³/mol. The number of amides is 1. The Hall–Kier alpha value is -2.34. The summed E-state index contributed by atoms with van der Waals surface area (Å²) in [6.07, 6.45) is 3.75. The van der Waals surface area contributed by atoms with Crippen LogP contribution in [0.4, 0.5) is 0 Å². The van der Waals surface area contributed by atoms with Gasteiger partial charge in [0.1, 0.15) is 11.3 Å². The number of hydrogen-bond donors (Lipinski definition) is 2. The number of carboxylic acid groups (broad SMARTS) is 1. The molecule has 2 aromatic rings. The molecule has 2 aliphatic carbocycles. The third-order valence-electron chi connectivity index (χ3n) is 5.69. The van der Waals surface area contributed by atoms with Crippen molar-refractivity contribution >= 4 is 27.8 Å². The molecule has 146 valence electrons. The summed E-state index contributed by atoms with van der Waals surface area (Å²) >= 11 is 3.44. The molecule has 2 aromatic carbocycles. The lowest BCUT2D eigenvalue weighted by atomic mass is 9.94. The Morgan fingerprint density at radius 2 is 1.82 bits per heavy atom. The summed E-state index contributed by atoms with van der Waals surface area (Å²) in [6.45, 7) is 1.90. The van der Waals surface area contributed by atoms with Crippen molar-refractivity contribution in [2.24, 2.45) is 0 Å². The van der Waals surface area contributed by atoms with Gasteiger partial charge in [-0.2, -0.15) is 0 Å². The lowest BCUT2D eigenvalue weighted by Crippen LogP contribution is -2.55. The second kappa shape index (κ2) is 7.24. The van der Waals surface area contributed by atoms with E-state index in [2.05, 4.69) is 21.2 Å². The van der Waals surface area contributed by atoms with Crippen LogP contribution < -0.4 is 10.1 Å². The fraction of sp³-hybridized carbons (Fsp3) is 0.364. The number of carboxylic acids is 1. The van der Waals surface area contributed by atoms with E-state index in [4.69, 9.17) is 4.74 Å². The minimum absolute atomic E-state index is 0.121. The topological polar surface area (TPSA) is 75.6 Å². The number of halogens is 1. The van der Waals surface area contributed by atoms with Crippen molar-refractivity contribution in [2.75, 3.05) is 0 Å². The molecule has 1 amide bonds. The molecular weight excluding hydrogens is 422 g/mol. The third kappa shape index (κ3) is 3.41. The largest absolute Gasteiger partial charge is 0.489 e. The van der Waals surface area contributed by atoms with Gasteiger partial charge >= 0.3 is 5.97 Å². The van der Waals surface area contributed by atoms with Gasteiger partial charge in [-0.15, -0.1) is 0 Å². The van der Waals surface area contributed by atoms with Gasteiger partial charge < -0.3 is 15.2 Å². The van der Waals surface area contributed by atoms with Crippen molar-refractivity contribution in [1.29, 1.82) is 0 Å². The van der Waals surface area contributed by atoms with Crippen molar-refractivity contribution in [3.8, 4) is 5.75 Å². The molecule has 0 aliphatic heterocycles. The van der Waals surface area contributed by atoms with Crippen LogP contribution in [0.2, 0.25) is 0 Å². The summed E-state index contributed by atoms with van der Waals surface area (Å²) in [6, 6.07) is 11.2. The van der Waals surface area contributed by atoms with E-state index in [-0.39, 0.29) is 18.9 Å². The Kier molecular flexibility index (Phi) is 4.91. The van der Waals surface area contributed by atoms with Gasteiger partial charge in [-0.25, -0.2) is 4.79 Å². The van der Waals surface area contributed by atoms with E-state index in [0.717, 1.165) is 40.4 Å². The van der Waals surface area contributed by atoms with E-state index in [1.807, 2.05) is 37.3 Å². The summed E-state index contributed by atoms with van der Waals surface area (Å²) < 4.78 is 6.84. The van der Waals surface area contributed by atoms with Crippen molar-refractivity contribution in [3.63, 3.8) is 0 Å². The van der Waals surface area contributed by atoms with Crippen LogP contribution in [-0.2, 0) is 17.6 Å². The molecule has 0 aromatic heterocycles. The summed E-state index contributed by atoms with van der Waals surface area (Å²) in [5.41, 5.74) is 1.80. The maximum atomic E-state index is 13.2. The number of carbonyl (C=O) groups is 2. The van der Waals surface area contributed by atoms with Crippen molar-refractivity contribution in [1.82, 2.24) is 5.32 Å². The van der Waals surface area contributed by atoms with Gasteiger partial charge in [0.25, 0.3) is 5.91 Å². The van der Waals surface area contributed by atoms with Crippen LogP contribution in [0, 0.1) is 6.92 Å². The highest BCUT2D eigenvalue weighted by molar-refractivity contribution is 9.10. The van der Waals surface area contributed by atoms with Gasteiger partial charge in [0.2, 0.25) is 0 Å². The molecule has 5 nitrogen and oxygen atoms in total. The zero-order chi connectivity index (χ0) is 19.9. The van der Waals surface area contributed by atoms with Crippen LogP contribution in [0.5, 0.6) is 5.75 Å². The molecule has 0 heterocycles.